The molecule has 0 atom stereocenters. The van der Waals surface area contributed by atoms with Crippen molar-refractivity contribution in [1.29, 1.82) is 5.26 Å². The summed E-state index contributed by atoms with van der Waals surface area (Å²) in [5.74, 6) is 0.644. The number of urea groups is 1. The highest BCUT2D eigenvalue weighted by molar-refractivity contribution is 5.89. The molecule has 2 amide bonds. The Morgan fingerprint density at radius 1 is 1.35 bits per heavy atom. The fourth-order valence-electron chi connectivity index (χ4n) is 1.34. The van der Waals surface area contributed by atoms with Gasteiger partial charge in [-0.05, 0) is 43.0 Å². The molecule has 4 heteroatoms. The molecule has 0 heterocycles. The lowest BCUT2D eigenvalue weighted by molar-refractivity contribution is 0.255. The highest BCUT2D eigenvalue weighted by Crippen LogP contribution is 2.29. The Labute approximate surface area is 99.9 Å². The smallest absolute Gasteiger partial charge is 0.315 e. The molecule has 0 saturated heterocycles. The largest absolute Gasteiger partial charge is 0.323 e. The molecule has 1 saturated carbocycles. The van der Waals surface area contributed by atoms with Gasteiger partial charge < -0.3 is 10.6 Å². The van der Waals surface area contributed by atoms with Crippen LogP contribution in [0.4, 0.5) is 10.5 Å². The van der Waals surface area contributed by atoms with Gasteiger partial charge >= 0.3 is 6.03 Å². The average molecular weight is 227 g/mol. The fraction of sp³-hybridized carbons (Fsp3) is 0.231. The monoisotopic (exact) mass is 227 g/mol. The molecule has 1 fully saturated rings. The van der Waals surface area contributed by atoms with Gasteiger partial charge in [-0.15, -0.1) is 0 Å². The van der Waals surface area contributed by atoms with E-state index < -0.39 is 0 Å². The standard InChI is InChI=1S/C13H13N3O/c14-9-11-3-5-12(6-4-11)16-13(17)15-8-7-10-1-2-10/h3-8,10H,1-2H2,(H2,15,16,17)/b8-7+. The Morgan fingerprint density at radius 2 is 2.06 bits per heavy atom. The van der Waals surface area contributed by atoms with Crippen LogP contribution in [0.15, 0.2) is 36.5 Å². The molecular weight excluding hydrogens is 214 g/mol. The number of hydrogen-bond donors (Lipinski definition) is 2. The van der Waals surface area contributed by atoms with E-state index in [1.54, 1.807) is 30.5 Å². The minimum absolute atomic E-state index is 0.272. The van der Waals surface area contributed by atoms with Gasteiger partial charge in [0.25, 0.3) is 0 Å². The third-order valence-electron chi connectivity index (χ3n) is 2.48. The van der Waals surface area contributed by atoms with Gasteiger partial charge in [0.1, 0.15) is 0 Å². The second-order valence-corrected chi connectivity index (χ2v) is 3.98. The first-order valence-corrected chi connectivity index (χ1v) is 5.52. The summed E-state index contributed by atoms with van der Waals surface area (Å²) >= 11 is 0. The normalized spacial score (nSPS) is 14.3. The Hall–Kier alpha value is -2.28. The lowest BCUT2D eigenvalue weighted by atomic mass is 10.2. The number of anilines is 1. The molecule has 0 radical (unpaired) electrons. The molecular formula is C13H13N3O. The second kappa shape index (κ2) is 5.17. The summed E-state index contributed by atoms with van der Waals surface area (Å²) in [6.45, 7) is 0. The summed E-state index contributed by atoms with van der Waals surface area (Å²) in [7, 11) is 0. The van der Waals surface area contributed by atoms with Gasteiger partial charge in [0.2, 0.25) is 0 Å². The summed E-state index contributed by atoms with van der Waals surface area (Å²) in [5, 5.41) is 13.9. The van der Waals surface area contributed by atoms with Crippen molar-refractivity contribution in [2.45, 2.75) is 12.8 Å². The number of benzene rings is 1. The van der Waals surface area contributed by atoms with Gasteiger partial charge in [0, 0.05) is 11.9 Å². The number of carbonyl (C=O) groups excluding carboxylic acids is 1. The SMILES string of the molecule is N#Cc1ccc(NC(=O)N/C=C/C2CC2)cc1. The van der Waals surface area contributed by atoms with Crippen molar-refractivity contribution in [2.24, 2.45) is 5.92 Å². The Balaban J connectivity index is 1.82. The predicted molar refractivity (Wildman–Crippen MR) is 65.2 cm³/mol. The first-order chi connectivity index (χ1) is 8.28. The zero-order chi connectivity index (χ0) is 12.1. The van der Waals surface area contributed by atoms with E-state index in [0.29, 0.717) is 17.2 Å². The number of nitrogens with zero attached hydrogens (tertiary/aromatic N) is 1. The van der Waals surface area contributed by atoms with E-state index in [1.807, 2.05) is 12.1 Å². The van der Waals surface area contributed by atoms with Crippen molar-refractivity contribution in [2.75, 3.05) is 5.32 Å². The van der Waals surface area contributed by atoms with Crippen LogP contribution < -0.4 is 10.6 Å². The summed E-state index contributed by atoms with van der Waals surface area (Å²) < 4.78 is 0. The van der Waals surface area contributed by atoms with Crippen LogP contribution in [0.5, 0.6) is 0 Å². The number of amides is 2. The van der Waals surface area contributed by atoms with E-state index in [2.05, 4.69) is 10.6 Å². The first-order valence-electron chi connectivity index (χ1n) is 5.52. The molecule has 0 aliphatic heterocycles. The molecule has 2 N–H and O–H groups in total. The maximum atomic E-state index is 11.4. The molecule has 1 aliphatic rings. The highest BCUT2D eigenvalue weighted by atomic mass is 16.2. The van der Waals surface area contributed by atoms with E-state index in [0.717, 1.165) is 0 Å². The molecule has 2 rings (SSSR count). The van der Waals surface area contributed by atoms with Crippen LogP contribution in [0.2, 0.25) is 0 Å². The van der Waals surface area contributed by atoms with Crippen molar-refractivity contribution in [3.05, 3.63) is 42.1 Å². The molecule has 0 aromatic heterocycles. The van der Waals surface area contributed by atoms with Crippen LogP contribution in [0.1, 0.15) is 18.4 Å². The van der Waals surface area contributed by atoms with Crippen molar-refractivity contribution in [3.8, 4) is 6.07 Å². The van der Waals surface area contributed by atoms with Crippen LogP contribution in [0, 0.1) is 17.2 Å². The van der Waals surface area contributed by atoms with Crippen LogP contribution in [-0.2, 0) is 0 Å². The topological polar surface area (TPSA) is 64.9 Å². The van der Waals surface area contributed by atoms with Crippen LogP contribution in [0.3, 0.4) is 0 Å². The number of nitrogens with one attached hydrogen (secondary N) is 2. The molecule has 1 aromatic rings. The third kappa shape index (κ3) is 3.65. The first kappa shape index (κ1) is 11.2. The lowest BCUT2D eigenvalue weighted by Crippen LogP contribution is -2.23. The summed E-state index contributed by atoms with van der Waals surface area (Å²) in [6, 6.07) is 8.47. The maximum absolute atomic E-state index is 11.4. The van der Waals surface area contributed by atoms with Gasteiger partial charge in [-0.25, -0.2) is 4.79 Å². The average Bonchev–Trinajstić information content (AvgIpc) is 3.14. The van der Waals surface area contributed by atoms with E-state index in [4.69, 9.17) is 5.26 Å². The number of carbonyl (C=O) groups is 1. The molecule has 17 heavy (non-hydrogen) atoms. The number of nitriles is 1. The van der Waals surface area contributed by atoms with Gasteiger partial charge in [-0.1, -0.05) is 6.08 Å². The summed E-state index contributed by atoms with van der Waals surface area (Å²) in [5.41, 5.74) is 1.24. The lowest BCUT2D eigenvalue weighted by Gasteiger charge is -2.03. The fourth-order valence-corrected chi connectivity index (χ4v) is 1.34. The zero-order valence-corrected chi connectivity index (χ0v) is 9.31. The van der Waals surface area contributed by atoms with Gasteiger partial charge in [0.05, 0.1) is 11.6 Å². The maximum Gasteiger partial charge on any atom is 0.323 e. The number of rotatable bonds is 3. The van der Waals surface area contributed by atoms with Gasteiger partial charge in [0.15, 0.2) is 0 Å². The van der Waals surface area contributed by atoms with Crippen LogP contribution in [0.25, 0.3) is 0 Å². The minimum Gasteiger partial charge on any atom is -0.315 e. The quantitative estimate of drug-likeness (QED) is 0.833. The molecule has 1 aliphatic carbocycles. The Bertz CT molecular complexity index is 466. The number of allylic oxidation sites excluding steroid dienone is 1. The van der Waals surface area contributed by atoms with Crippen molar-refractivity contribution < 1.29 is 4.79 Å². The van der Waals surface area contributed by atoms with E-state index in [-0.39, 0.29) is 6.03 Å². The van der Waals surface area contributed by atoms with Crippen LogP contribution >= 0.6 is 0 Å². The van der Waals surface area contributed by atoms with E-state index >= 15 is 0 Å². The van der Waals surface area contributed by atoms with E-state index in [9.17, 15) is 4.79 Å². The summed E-state index contributed by atoms with van der Waals surface area (Å²) in [6.07, 6.45) is 6.11. The summed E-state index contributed by atoms with van der Waals surface area (Å²) in [4.78, 5) is 11.4. The predicted octanol–water partition coefficient (Wildman–Crippen LogP) is 2.60. The molecule has 86 valence electrons. The Kier molecular flexibility index (Phi) is 3.41. The highest BCUT2D eigenvalue weighted by Gasteiger charge is 2.16. The molecule has 0 spiro atoms. The molecule has 0 bridgehead atoms. The van der Waals surface area contributed by atoms with Crippen molar-refractivity contribution >= 4 is 11.7 Å². The molecule has 0 unspecified atom stereocenters. The number of hydrogen-bond acceptors (Lipinski definition) is 2. The Morgan fingerprint density at radius 3 is 2.65 bits per heavy atom. The van der Waals surface area contributed by atoms with Gasteiger partial charge in [-0.2, -0.15) is 5.26 Å². The minimum atomic E-state index is -0.272. The molecule has 1 aromatic carbocycles. The third-order valence-corrected chi connectivity index (χ3v) is 2.48. The zero-order valence-electron chi connectivity index (χ0n) is 9.31. The molecule has 4 nitrogen and oxygen atoms in total. The van der Waals surface area contributed by atoms with Gasteiger partial charge in [-0.3, -0.25) is 0 Å². The van der Waals surface area contributed by atoms with Crippen molar-refractivity contribution in [3.63, 3.8) is 0 Å². The van der Waals surface area contributed by atoms with Crippen LogP contribution in [-0.4, -0.2) is 6.03 Å². The second-order valence-electron chi connectivity index (χ2n) is 3.98. The van der Waals surface area contributed by atoms with E-state index in [1.165, 1.54) is 12.8 Å². The van der Waals surface area contributed by atoms with Crippen molar-refractivity contribution in [1.82, 2.24) is 5.32 Å².